The monoisotopic (exact) mass is 357 g/mol. The second kappa shape index (κ2) is 6.55. The van der Waals surface area contributed by atoms with Gasteiger partial charge in [0, 0.05) is 6.42 Å². The number of ether oxygens (including phenoxy) is 1. The van der Waals surface area contributed by atoms with Crippen LogP contribution in [0.15, 0.2) is 18.2 Å². The van der Waals surface area contributed by atoms with Crippen LogP contribution in [0, 0.1) is 0 Å². The van der Waals surface area contributed by atoms with E-state index in [1.807, 2.05) is 0 Å². The third-order valence-corrected chi connectivity index (χ3v) is 3.60. The minimum Gasteiger partial charge on any atom is -0.444 e. The maximum absolute atomic E-state index is 14.4. The van der Waals surface area contributed by atoms with Crippen LogP contribution in [0.5, 0.6) is 0 Å². The Morgan fingerprint density at radius 1 is 1.46 bits per heavy atom. The first kappa shape index (κ1) is 18.4. The molecule has 0 spiro atoms. The molecule has 132 valence electrons. The lowest BCUT2D eigenvalue weighted by atomic mass is 10.0. The van der Waals surface area contributed by atoms with Crippen molar-refractivity contribution in [3.05, 3.63) is 23.4 Å². The summed E-state index contributed by atoms with van der Waals surface area (Å²) in [7, 11) is 0. The Morgan fingerprint density at radius 3 is 2.71 bits per heavy atom. The molecular formula is C16H21ClFN3O3. The van der Waals surface area contributed by atoms with E-state index >= 15 is 0 Å². The molecule has 8 heteroatoms. The van der Waals surface area contributed by atoms with Crippen molar-refractivity contribution >= 4 is 29.4 Å². The van der Waals surface area contributed by atoms with E-state index in [4.69, 9.17) is 16.3 Å². The van der Waals surface area contributed by atoms with Crippen molar-refractivity contribution < 1.29 is 18.7 Å². The normalized spacial score (nSPS) is 23.9. The first-order valence-electron chi connectivity index (χ1n) is 7.59. The molecular weight excluding hydrogens is 337 g/mol. The van der Waals surface area contributed by atoms with Gasteiger partial charge in [0.25, 0.3) is 0 Å². The molecule has 1 saturated heterocycles. The Balaban J connectivity index is 2.15. The first-order valence-corrected chi connectivity index (χ1v) is 7.97. The van der Waals surface area contributed by atoms with E-state index in [2.05, 4.69) is 10.3 Å². The molecule has 1 aromatic heterocycles. The van der Waals surface area contributed by atoms with Gasteiger partial charge in [-0.15, -0.1) is 0 Å². The molecule has 6 nitrogen and oxygen atoms in total. The molecule has 0 unspecified atom stereocenters. The number of alkyl halides is 1. The van der Waals surface area contributed by atoms with Crippen LogP contribution < -0.4 is 5.32 Å². The van der Waals surface area contributed by atoms with Gasteiger partial charge < -0.3 is 10.1 Å². The highest BCUT2D eigenvalue weighted by molar-refractivity contribution is 6.29. The number of carbonyl (C=O) groups is 2. The summed E-state index contributed by atoms with van der Waals surface area (Å²) in [5.74, 6) is -0.291. The lowest BCUT2D eigenvalue weighted by Crippen LogP contribution is -2.45. The molecule has 2 rings (SSSR count). The predicted octanol–water partition coefficient (Wildman–Crippen LogP) is 3.41. The van der Waals surface area contributed by atoms with Crippen molar-refractivity contribution in [3.63, 3.8) is 0 Å². The largest absolute Gasteiger partial charge is 0.444 e. The molecule has 0 aliphatic carbocycles. The zero-order valence-electron chi connectivity index (χ0n) is 14.1. The van der Waals surface area contributed by atoms with E-state index in [0.717, 1.165) is 4.90 Å². The maximum Gasteiger partial charge on any atom is 0.411 e. The Labute approximate surface area is 145 Å². The number of rotatable bonds is 2. The van der Waals surface area contributed by atoms with E-state index < -0.39 is 29.3 Å². The number of carbonyl (C=O) groups excluding carboxylic acids is 2. The fourth-order valence-electron chi connectivity index (χ4n) is 2.48. The first-order chi connectivity index (χ1) is 11.0. The van der Waals surface area contributed by atoms with Gasteiger partial charge in [-0.05, 0) is 39.8 Å². The summed E-state index contributed by atoms with van der Waals surface area (Å²) in [6.07, 6.45) is -0.832. The predicted molar refractivity (Wildman–Crippen MR) is 88.7 cm³/mol. The summed E-state index contributed by atoms with van der Waals surface area (Å²) in [5.41, 5.74) is -2.40. The highest BCUT2D eigenvalue weighted by Gasteiger charge is 2.48. The number of halogens is 2. The van der Waals surface area contributed by atoms with Crippen molar-refractivity contribution in [2.24, 2.45) is 0 Å². The zero-order valence-corrected chi connectivity index (χ0v) is 14.9. The molecule has 2 heterocycles. The van der Waals surface area contributed by atoms with E-state index in [1.165, 1.54) is 6.92 Å². The second-order valence-electron chi connectivity index (χ2n) is 7.08. The third-order valence-electron chi connectivity index (χ3n) is 3.39. The number of anilines is 1. The molecule has 0 bridgehead atoms. The average Bonchev–Trinajstić information content (AvgIpc) is 2.73. The summed E-state index contributed by atoms with van der Waals surface area (Å²) in [5, 5.41) is 2.78. The molecule has 2 amide bonds. The molecule has 1 aliphatic heterocycles. The summed E-state index contributed by atoms with van der Waals surface area (Å²) < 4.78 is 19.7. The summed E-state index contributed by atoms with van der Waals surface area (Å²) in [4.78, 5) is 29.8. The highest BCUT2D eigenvalue weighted by atomic mass is 35.5. The van der Waals surface area contributed by atoms with Crippen LogP contribution in [0.4, 0.5) is 15.0 Å². The van der Waals surface area contributed by atoms with Gasteiger partial charge in [0.2, 0.25) is 5.91 Å². The maximum atomic E-state index is 14.4. The van der Waals surface area contributed by atoms with Crippen LogP contribution >= 0.6 is 11.6 Å². The van der Waals surface area contributed by atoms with Crippen LogP contribution in [0.3, 0.4) is 0 Å². The number of aromatic nitrogens is 1. The van der Waals surface area contributed by atoms with Gasteiger partial charge in [-0.2, -0.15) is 0 Å². The van der Waals surface area contributed by atoms with Crippen LogP contribution in [0.2, 0.25) is 5.15 Å². The lowest BCUT2D eigenvalue weighted by molar-refractivity contribution is -0.120. The molecule has 1 aliphatic rings. The van der Waals surface area contributed by atoms with Crippen molar-refractivity contribution in [2.75, 3.05) is 11.9 Å². The molecule has 1 N–H and O–H groups in total. The molecule has 0 saturated carbocycles. The SMILES string of the molecule is CC(C)(C)OC(=O)N1C[C@](C)(F)C[C@H]1C(=O)Nc1cccc(Cl)n1. The average molecular weight is 358 g/mol. The van der Waals surface area contributed by atoms with Gasteiger partial charge in [-0.1, -0.05) is 17.7 Å². The summed E-state index contributed by atoms with van der Waals surface area (Å²) >= 11 is 5.78. The van der Waals surface area contributed by atoms with Gasteiger partial charge in [-0.3, -0.25) is 9.69 Å². The van der Waals surface area contributed by atoms with Crippen molar-refractivity contribution in [3.8, 4) is 0 Å². The molecule has 0 aromatic carbocycles. The van der Waals surface area contributed by atoms with E-state index in [1.54, 1.807) is 39.0 Å². The van der Waals surface area contributed by atoms with Crippen LogP contribution in [-0.2, 0) is 9.53 Å². The second-order valence-corrected chi connectivity index (χ2v) is 7.46. The Hall–Kier alpha value is -1.89. The Morgan fingerprint density at radius 2 is 2.12 bits per heavy atom. The number of nitrogens with zero attached hydrogens (tertiary/aromatic N) is 2. The fraction of sp³-hybridized carbons (Fsp3) is 0.562. The standard InChI is InChI=1S/C16H21ClFN3O3/c1-15(2,3)24-14(23)21-9-16(4,18)8-10(21)13(22)20-12-7-5-6-11(17)19-12/h5-7,10H,8-9H2,1-4H3,(H,19,20,22)/t10-,16+/m0/s1. The van der Waals surface area contributed by atoms with Gasteiger partial charge >= 0.3 is 6.09 Å². The lowest BCUT2D eigenvalue weighted by Gasteiger charge is -2.27. The van der Waals surface area contributed by atoms with Crippen LogP contribution in [0.1, 0.15) is 34.1 Å². The van der Waals surface area contributed by atoms with Crippen molar-refractivity contribution in [2.45, 2.75) is 51.4 Å². The zero-order chi connectivity index (χ0) is 18.1. The highest BCUT2D eigenvalue weighted by Crippen LogP contribution is 2.32. The molecule has 2 atom stereocenters. The number of hydrogen-bond donors (Lipinski definition) is 1. The molecule has 0 radical (unpaired) electrons. The molecule has 1 aromatic rings. The van der Waals surface area contributed by atoms with Gasteiger partial charge in [0.05, 0.1) is 6.54 Å². The Bertz CT molecular complexity index is 646. The van der Waals surface area contributed by atoms with Crippen molar-refractivity contribution in [1.82, 2.24) is 9.88 Å². The smallest absolute Gasteiger partial charge is 0.411 e. The van der Waals surface area contributed by atoms with Gasteiger partial charge in [0.15, 0.2) is 0 Å². The number of likely N-dealkylation sites (tertiary alicyclic amines) is 1. The molecule has 1 fully saturated rings. The topological polar surface area (TPSA) is 71.5 Å². The van der Waals surface area contributed by atoms with E-state index in [0.29, 0.717) is 0 Å². The fourth-order valence-corrected chi connectivity index (χ4v) is 2.64. The Kier molecular flexibility index (Phi) is 5.03. The number of pyridine rings is 1. The number of nitrogens with one attached hydrogen (secondary N) is 1. The van der Waals surface area contributed by atoms with E-state index in [-0.39, 0.29) is 23.9 Å². The summed E-state index contributed by atoms with van der Waals surface area (Å²) in [6.45, 7) is 6.28. The quantitative estimate of drug-likeness (QED) is 0.823. The number of hydrogen-bond acceptors (Lipinski definition) is 4. The third kappa shape index (κ3) is 4.80. The van der Waals surface area contributed by atoms with Crippen LogP contribution in [-0.4, -0.2) is 45.7 Å². The minimum absolute atomic E-state index is 0.112. The minimum atomic E-state index is -1.67. The van der Waals surface area contributed by atoms with Gasteiger partial charge in [0.1, 0.15) is 28.3 Å². The summed E-state index contributed by atoms with van der Waals surface area (Å²) in [6, 6.07) is 3.78. The van der Waals surface area contributed by atoms with Gasteiger partial charge in [-0.25, -0.2) is 14.2 Å². The van der Waals surface area contributed by atoms with Crippen molar-refractivity contribution in [1.29, 1.82) is 0 Å². The number of amides is 2. The van der Waals surface area contributed by atoms with E-state index in [9.17, 15) is 14.0 Å². The molecule has 24 heavy (non-hydrogen) atoms. The van der Waals surface area contributed by atoms with Crippen LogP contribution in [0.25, 0.3) is 0 Å².